The van der Waals surface area contributed by atoms with E-state index >= 15 is 0 Å². The molecule has 8 nitrogen and oxygen atoms in total. The monoisotopic (exact) mass is 686 g/mol. The second-order valence-electron chi connectivity index (χ2n) is 15.6. The van der Waals surface area contributed by atoms with Crippen LogP contribution in [0.2, 0.25) is 0 Å². The average molecular weight is 687 g/mol. The molecular weight excluding hydrogens is 622 g/mol. The Bertz CT molecular complexity index is 844. The third-order valence-electron chi connectivity index (χ3n) is 12.0. The largest absolute Gasteiger partial charge is 0.475 e. The van der Waals surface area contributed by atoms with Crippen LogP contribution in [0.5, 0.6) is 0 Å². The van der Waals surface area contributed by atoms with Crippen molar-refractivity contribution >= 4 is 15.6 Å². The minimum Gasteiger partial charge on any atom is -0.284 e. The zero-order valence-corrected chi connectivity index (χ0v) is 30.4. The van der Waals surface area contributed by atoms with Crippen molar-refractivity contribution in [3.63, 3.8) is 0 Å². The van der Waals surface area contributed by atoms with E-state index in [-0.39, 0.29) is 36.6 Å². The van der Waals surface area contributed by atoms with Crippen LogP contribution in [0.25, 0.3) is 0 Å². The molecule has 6 aliphatic rings. The molecule has 0 heterocycles. The molecule has 6 rings (SSSR count). The molecule has 6 fully saturated rings. The third-order valence-corrected chi connectivity index (χ3v) is 15.3. The summed E-state index contributed by atoms with van der Waals surface area (Å²) in [6, 6.07) is 0. The highest BCUT2D eigenvalue weighted by Gasteiger charge is 2.42. The van der Waals surface area contributed by atoms with Crippen molar-refractivity contribution < 1.29 is 36.3 Å². The first kappa shape index (κ1) is 36.0. The van der Waals surface area contributed by atoms with Crippen molar-refractivity contribution in [2.45, 2.75) is 216 Å². The van der Waals surface area contributed by atoms with Crippen molar-refractivity contribution in [1.82, 2.24) is 0 Å². The molecule has 0 spiro atoms. The molecule has 0 aliphatic heterocycles. The number of phosphoric ester groups is 2. The number of hydrogen-bond donors (Lipinski definition) is 0. The highest BCUT2D eigenvalue weighted by Crippen LogP contribution is 2.58. The Labute approximate surface area is 279 Å². The van der Waals surface area contributed by atoms with Crippen molar-refractivity contribution in [3.8, 4) is 0 Å². The van der Waals surface area contributed by atoms with Crippen LogP contribution in [0.15, 0.2) is 0 Å². The molecule has 0 aromatic heterocycles. The summed E-state index contributed by atoms with van der Waals surface area (Å²) >= 11 is 0. The van der Waals surface area contributed by atoms with E-state index in [1.165, 1.54) is 25.7 Å². The fourth-order valence-corrected chi connectivity index (χ4v) is 13.0. The van der Waals surface area contributed by atoms with E-state index in [0.717, 1.165) is 154 Å². The van der Waals surface area contributed by atoms with Crippen LogP contribution in [-0.2, 0) is 36.3 Å². The maximum absolute atomic E-state index is 14.1. The minimum absolute atomic E-state index is 0.00615. The van der Waals surface area contributed by atoms with Gasteiger partial charge in [0.05, 0.1) is 36.6 Å². The zero-order valence-electron chi connectivity index (χ0n) is 28.6. The first-order valence-electron chi connectivity index (χ1n) is 19.7. The van der Waals surface area contributed by atoms with Crippen molar-refractivity contribution in [1.29, 1.82) is 0 Å². The van der Waals surface area contributed by atoms with Gasteiger partial charge in [-0.15, -0.1) is 0 Å². The molecule has 0 atom stereocenters. The summed E-state index contributed by atoms with van der Waals surface area (Å²) in [5, 5.41) is 0. The van der Waals surface area contributed by atoms with Gasteiger partial charge in [-0.25, -0.2) is 9.13 Å². The molecule has 266 valence electrons. The highest BCUT2D eigenvalue weighted by molar-refractivity contribution is 7.48. The summed E-state index contributed by atoms with van der Waals surface area (Å²) in [4.78, 5) is 0. The number of hydrogen-bond acceptors (Lipinski definition) is 8. The van der Waals surface area contributed by atoms with Crippen LogP contribution in [0.1, 0.15) is 180 Å². The summed E-state index contributed by atoms with van der Waals surface area (Å²) in [5.74, 6) is 1.28. The maximum Gasteiger partial charge on any atom is 0.475 e. The molecule has 0 bridgehead atoms. The lowest BCUT2D eigenvalue weighted by molar-refractivity contribution is -0.0102. The Balaban J connectivity index is 0.971. The van der Waals surface area contributed by atoms with Gasteiger partial charge in [-0.1, -0.05) is 77.0 Å². The Morgan fingerprint density at radius 1 is 0.261 bits per heavy atom. The summed E-state index contributed by atoms with van der Waals surface area (Å²) in [6.07, 6.45) is 29.4. The second-order valence-corrected chi connectivity index (χ2v) is 18.7. The van der Waals surface area contributed by atoms with E-state index in [4.69, 9.17) is 27.1 Å². The molecule has 0 radical (unpaired) electrons. The molecule has 46 heavy (non-hydrogen) atoms. The van der Waals surface area contributed by atoms with Crippen LogP contribution in [0, 0.1) is 11.8 Å². The van der Waals surface area contributed by atoms with Gasteiger partial charge < -0.3 is 0 Å². The molecule has 0 unspecified atom stereocenters. The summed E-state index contributed by atoms with van der Waals surface area (Å²) in [5.41, 5.74) is 0. The van der Waals surface area contributed by atoms with Gasteiger partial charge in [0.1, 0.15) is 0 Å². The zero-order chi connectivity index (χ0) is 31.7. The quantitative estimate of drug-likeness (QED) is 0.177. The first-order chi connectivity index (χ1) is 22.4. The Morgan fingerprint density at radius 2 is 0.457 bits per heavy atom. The van der Waals surface area contributed by atoms with Crippen LogP contribution in [0.4, 0.5) is 0 Å². The standard InChI is InChI=1S/C36H64O8P2/c37-45(39-31-13-5-1-6-14-31,40-32-15-7-2-8-16-32)43-35-25-21-29(22-26-35)30-23-27-36(28-24-30)44-46(38,41-33-17-9-3-10-18-33)42-34-19-11-4-12-20-34/h29-36H,1-28H2. The third kappa shape index (κ3) is 11.1. The molecule has 0 aromatic carbocycles. The van der Waals surface area contributed by atoms with Crippen LogP contribution in [-0.4, -0.2) is 36.6 Å². The van der Waals surface area contributed by atoms with E-state index in [0.29, 0.717) is 11.8 Å². The lowest BCUT2D eigenvalue weighted by Crippen LogP contribution is -2.31. The van der Waals surface area contributed by atoms with Gasteiger partial charge in [-0.05, 0) is 115 Å². The molecular formula is C36H64O8P2. The smallest absolute Gasteiger partial charge is 0.284 e. The predicted molar refractivity (Wildman–Crippen MR) is 181 cm³/mol. The van der Waals surface area contributed by atoms with Gasteiger partial charge >= 0.3 is 15.6 Å². The molecule has 6 aliphatic carbocycles. The van der Waals surface area contributed by atoms with E-state index in [1.807, 2.05) is 0 Å². The Hall–Kier alpha value is 0.220. The highest BCUT2D eigenvalue weighted by atomic mass is 31.2. The van der Waals surface area contributed by atoms with E-state index in [9.17, 15) is 9.13 Å². The van der Waals surface area contributed by atoms with Gasteiger partial charge in [0, 0.05) is 0 Å². The van der Waals surface area contributed by atoms with Crippen LogP contribution >= 0.6 is 15.6 Å². The average Bonchev–Trinajstić information content (AvgIpc) is 3.07. The molecule has 0 N–H and O–H groups in total. The minimum atomic E-state index is -3.60. The Morgan fingerprint density at radius 3 is 0.674 bits per heavy atom. The summed E-state index contributed by atoms with van der Waals surface area (Å²) in [6.45, 7) is 0. The predicted octanol–water partition coefficient (Wildman–Crippen LogP) is 11.8. The second kappa shape index (κ2) is 17.9. The van der Waals surface area contributed by atoms with Gasteiger partial charge in [0.25, 0.3) is 0 Å². The number of rotatable bonds is 13. The van der Waals surface area contributed by atoms with Crippen molar-refractivity contribution in [3.05, 3.63) is 0 Å². The summed E-state index contributed by atoms with van der Waals surface area (Å²) < 4.78 is 65.8. The van der Waals surface area contributed by atoms with Crippen molar-refractivity contribution in [2.24, 2.45) is 11.8 Å². The Kier molecular flexibility index (Phi) is 14.0. The van der Waals surface area contributed by atoms with E-state index < -0.39 is 15.6 Å². The normalized spacial score (nSPS) is 32.4. The van der Waals surface area contributed by atoms with Gasteiger partial charge in [0.15, 0.2) is 0 Å². The van der Waals surface area contributed by atoms with Gasteiger partial charge in [-0.2, -0.15) is 0 Å². The fraction of sp³-hybridized carbons (Fsp3) is 1.00. The summed E-state index contributed by atoms with van der Waals surface area (Å²) in [7, 11) is -7.20. The SMILES string of the molecule is O=P(OC1CCCCC1)(OC1CCCCC1)OC1CCC(C2CCC(OP(=O)(OC3CCCCC3)OC3CCCCC3)CC2)CC1. The lowest BCUT2D eigenvalue weighted by Gasteiger charge is -2.39. The van der Waals surface area contributed by atoms with Crippen molar-refractivity contribution in [2.75, 3.05) is 0 Å². The fourth-order valence-electron chi connectivity index (χ4n) is 9.26. The molecule has 0 saturated heterocycles. The lowest BCUT2D eigenvalue weighted by atomic mass is 9.72. The van der Waals surface area contributed by atoms with Crippen LogP contribution < -0.4 is 0 Å². The first-order valence-corrected chi connectivity index (χ1v) is 22.7. The van der Waals surface area contributed by atoms with Crippen LogP contribution in [0.3, 0.4) is 0 Å². The topological polar surface area (TPSA) is 89.5 Å². The molecule has 10 heteroatoms. The van der Waals surface area contributed by atoms with Gasteiger partial charge in [-0.3, -0.25) is 27.1 Å². The molecule has 0 aromatic rings. The van der Waals surface area contributed by atoms with E-state index in [2.05, 4.69) is 0 Å². The molecule has 0 amide bonds. The molecule has 6 saturated carbocycles. The number of phosphoric acid groups is 2. The van der Waals surface area contributed by atoms with Gasteiger partial charge in [0.2, 0.25) is 0 Å². The van der Waals surface area contributed by atoms with E-state index in [1.54, 1.807) is 0 Å². The maximum atomic E-state index is 14.1.